The molecule has 10 rings (SSSR count). The number of pyridine rings is 1. The molecule has 2 aromatic heterocycles. The number of aromatic nitrogens is 3. The molecule has 1 N–H and O–H groups in total. The molecule has 13 nitrogen and oxygen atoms in total. The molecule has 6 aliphatic rings. The second-order valence-electron chi connectivity index (χ2n) is 17.5. The van der Waals surface area contributed by atoms with Crippen LogP contribution in [0.4, 0.5) is 37.4 Å². The van der Waals surface area contributed by atoms with Gasteiger partial charge in [0.2, 0.25) is 0 Å². The third kappa shape index (κ3) is 7.96. The molecule has 0 radical (unpaired) electrons. The van der Waals surface area contributed by atoms with Gasteiger partial charge in [-0.2, -0.15) is 9.97 Å². The van der Waals surface area contributed by atoms with Crippen molar-refractivity contribution in [3.05, 3.63) is 47.7 Å². The molecule has 2 amide bonds. The number of methoxy groups -OCH3 is 1. The summed E-state index contributed by atoms with van der Waals surface area (Å²) in [7, 11) is 1.42. The third-order valence-corrected chi connectivity index (χ3v) is 12.9. The molecule has 326 valence electrons. The van der Waals surface area contributed by atoms with E-state index in [-0.39, 0.29) is 142 Å². The number of carbonyl (C=O) groups excluding carboxylic acids is 2. The summed E-state index contributed by atoms with van der Waals surface area (Å²) in [5, 5.41) is 3.59. The van der Waals surface area contributed by atoms with Crippen LogP contribution in [0.2, 0.25) is 0 Å². The molecule has 4 fully saturated rings. The average Bonchev–Trinajstić information content (AvgIpc) is 3.74. The smallest absolute Gasteiger partial charge is 0.415 e. The van der Waals surface area contributed by atoms with E-state index >= 15 is 17.6 Å². The van der Waals surface area contributed by atoms with Crippen molar-refractivity contribution in [3.63, 3.8) is 0 Å². The number of amides is 2. The van der Waals surface area contributed by atoms with Gasteiger partial charge in [-0.15, -0.1) is 0 Å². The van der Waals surface area contributed by atoms with Gasteiger partial charge in [0.25, 0.3) is 0 Å². The Labute approximate surface area is 348 Å². The molecule has 61 heavy (non-hydrogen) atoms. The maximum atomic E-state index is 17.6. The number of alkyl carbamates (subject to hydrolysis) is 1. The molecule has 18 heteroatoms. The number of nitrogens with zero attached hydrogens (tertiary/aromatic N) is 6. The number of nitrogens with one attached hydrogen (secondary N) is 1. The highest BCUT2D eigenvalue weighted by molar-refractivity contribution is 6.02. The van der Waals surface area contributed by atoms with Crippen molar-refractivity contribution in [2.75, 3.05) is 71.1 Å². The minimum absolute atomic E-state index is 0.00308. The topological polar surface area (TPSA) is 131 Å². The lowest BCUT2D eigenvalue weighted by Crippen LogP contribution is -2.60. The zero-order valence-corrected chi connectivity index (χ0v) is 34.1. The Hall–Kier alpha value is -5.10. The molecular formula is C43H48F5N7O6. The Kier molecular flexibility index (Phi) is 10.8. The van der Waals surface area contributed by atoms with E-state index in [0.717, 1.165) is 6.42 Å². The van der Waals surface area contributed by atoms with Crippen molar-refractivity contribution in [3.8, 4) is 23.0 Å². The van der Waals surface area contributed by atoms with E-state index in [2.05, 4.69) is 20.2 Å². The number of benzene rings is 2. The molecule has 0 saturated carbocycles. The molecule has 0 unspecified atom stereocenters. The monoisotopic (exact) mass is 853 g/mol. The first-order valence-electron chi connectivity index (χ1n) is 20.9. The van der Waals surface area contributed by atoms with Gasteiger partial charge in [-0.25, -0.2) is 31.5 Å². The molecule has 6 aliphatic heterocycles. The van der Waals surface area contributed by atoms with Gasteiger partial charge in [-0.05, 0) is 73.7 Å². The number of anilines is 1. The van der Waals surface area contributed by atoms with E-state index in [1.165, 1.54) is 42.5 Å². The second-order valence-corrected chi connectivity index (χ2v) is 17.5. The number of rotatable bonds is 6. The Balaban J connectivity index is 1.17. The van der Waals surface area contributed by atoms with Gasteiger partial charge in [0.15, 0.2) is 5.82 Å². The number of hydrogen-bond donors (Lipinski definition) is 1. The van der Waals surface area contributed by atoms with Gasteiger partial charge in [0, 0.05) is 70.7 Å². The molecule has 4 atom stereocenters. The zero-order valence-electron chi connectivity index (χ0n) is 34.1. The van der Waals surface area contributed by atoms with Gasteiger partial charge >= 0.3 is 18.2 Å². The summed E-state index contributed by atoms with van der Waals surface area (Å²) in [6, 6.07) is 5.44. The lowest BCUT2D eigenvalue weighted by atomic mass is 9.90. The van der Waals surface area contributed by atoms with Crippen molar-refractivity contribution in [1.29, 1.82) is 0 Å². The molecule has 4 saturated heterocycles. The van der Waals surface area contributed by atoms with Crippen LogP contribution in [-0.4, -0.2) is 132 Å². The molecule has 8 heterocycles. The van der Waals surface area contributed by atoms with Crippen molar-refractivity contribution in [2.45, 2.75) is 87.4 Å². The quantitative estimate of drug-likeness (QED) is 0.201. The number of ether oxygens (including phenoxy) is 4. The number of fused-ring (bicyclic) bond motifs is 7. The Morgan fingerprint density at radius 1 is 1.02 bits per heavy atom. The summed E-state index contributed by atoms with van der Waals surface area (Å²) >= 11 is 0. The Morgan fingerprint density at radius 3 is 2.62 bits per heavy atom. The Morgan fingerprint density at radius 2 is 1.82 bits per heavy atom. The van der Waals surface area contributed by atoms with E-state index < -0.39 is 52.9 Å². The number of likely N-dealkylation sites (tertiary alicyclic amines) is 1. The van der Waals surface area contributed by atoms with E-state index in [1.54, 1.807) is 11.8 Å². The van der Waals surface area contributed by atoms with Gasteiger partial charge in [0.1, 0.15) is 53.2 Å². The zero-order chi connectivity index (χ0) is 42.7. The summed E-state index contributed by atoms with van der Waals surface area (Å²) in [6.45, 7) is 2.56. The fourth-order valence-corrected chi connectivity index (χ4v) is 10.1. The van der Waals surface area contributed by atoms with Crippen LogP contribution < -0.4 is 19.7 Å². The lowest BCUT2D eigenvalue weighted by molar-refractivity contribution is -0.00435. The molecule has 6 bridgehead atoms. The largest absolute Gasteiger partial charge is 0.461 e. The standard InChI is InChI=1S/C43H48F5N7O6/c1-41-17-26(44)20-54(22-41)37-31-19-49-35(34(47)36(31)50-38(51-37)60-24-43-8-4-11-55(43)21-27(45)18-43)30-16-28(61-40(57)53-12-9-42(48,10-13-53)23-58-2)15-25-6-7-32(46)29(33(25)30)5-3-14-59-39(56)52-41/h6-7,15-16,19,26-27H,3-5,8-14,17-18,20-24H2,1-2H3,(H,52,56)/t26-,27-,41-,43+/m1/s1. The number of alkyl halides is 3. The van der Waals surface area contributed by atoms with Crippen LogP contribution in [0.25, 0.3) is 32.9 Å². The highest BCUT2D eigenvalue weighted by Crippen LogP contribution is 2.43. The molecule has 0 spiro atoms. The van der Waals surface area contributed by atoms with Crippen LogP contribution in [-0.2, 0) is 15.9 Å². The van der Waals surface area contributed by atoms with Gasteiger partial charge in [-0.3, -0.25) is 9.88 Å². The molecule has 4 aromatic rings. The average molecular weight is 854 g/mol. The first kappa shape index (κ1) is 41.3. The van der Waals surface area contributed by atoms with E-state index in [4.69, 9.17) is 23.9 Å². The number of halogens is 5. The predicted octanol–water partition coefficient (Wildman–Crippen LogP) is 7.01. The minimum Gasteiger partial charge on any atom is -0.461 e. The fourth-order valence-electron chi connectivity index (χ4n) is 10.1. The van der Waals surface area contributed by atoms with Gasteiger partial charge in [-0.1, -0.05) is 6.07 Å². The SMILES string of the molecule is COCC1(F)CCN(C(=O)Oc2cc3c4c(c(F)ccc4c2)CCCOC(=O)N[C@]2(C)C[C@@H](F)CN(C2)c2nc(OC[C@@]45CCCN4C[C@H](F)C5)nc4c(F)c-3ncc24)CC1. The first-order valence-corrected chi connectivity index (χ1v) is 20.9. The van der Waals surface area contributed by atoms with Gasteiger partial charge < -0.3 is 34.1 Å². The van der Waals surface area contributed by atoms with Crippen LogP contribution in [0, 0.1) is 11.6 Å². The van der Waals surface area contributed by atoms with Crippen molar-refractivity contribution in [2.24, 2.45) is 0 Å². The van der Waals surface area contributed by atoms with Crippen LogP contribution in [0.5, 0.6) is 11.8 Å². The fraction of sp³-hybridized carbons (Fsp3) is 0.558. The number of piperidine rings is 2. The summed E-state index contributed by atoms with van der Waals surface area (Å²) in [5.74, 6) is -1.43. The summed E-state index contributed by atoms with van der Waals surface area (Å²) in [4.78, 5) is 45.5. The van der Waals surface area contributed by atoms with E-state index in [1.807, 2.05) is 0 Å². The number of carbonyl (C=O) groups is 2. The van der Waals surface area contributed by atoms with Crippen LogP contribution >= 0.6 is 0 Å². The number of hydrogen-bond acceptors (Lipinski definition) is 11. The maximum absolute atomic E-state index is 17.6. The number of aryl methyl sites for hydroxylation is 1. The molecule has 2 aromatic carbocycles. The highest BCUT2D eigenvalue weighted by Gasteiger charge is 2.49. The molecule has 0 aliphatic carbocycles. The minimum atomic E-state index is -1.58. The maximum Gasteiger partial charge on any atom is 0.415 e. The van der Waals surface area contributed by atoms with Crippen molar-refractivity contribution < 1.29 is 50.5 Å². The van der Waals surface area contributed by atoms with Crippen LogP contribution in [0.1, 0.15) is 57.4 Å². The van der Waals surface area contributed by atoms with Gasteiger partial charge in [0.05, 0.1) is 36.2 Å². The second kappa shape index (κ2) is 16.0. The normalized spacial score (nSPS) is 26.6. The third-order valence-electron chi connectivity index (χ3n) is 12.9. The lowest BCUT2D eigenvalue weighted by Gasteiger charge is -2.42. The summed E-state index contributed by atoms with van der Waals surface area (Å²) in [6.07, 6.45) is -0.541. The van der Waals surface area contributed by atoms with E-state index in [9.17, 15) is 14.0 Å². The van der Waals surface area contributed by atoms with Crippen LogP contribution in [0.15, 0.2) is 30.5 Å². The summed E-state index contributed by atoms with van der Waals surface area (Å²) in [5.41, 5.74) is -3.53. The molecular weight excluding hydrogens is 806 g/mol. The van der Waals surface area contributed by atoms with E-state index in [0.29, 0.717) is 18.4 Å². The summed E-state index contributed by atoms with van der Waals surface area (Å²) < 4.78 is 102. The van der Waals surface area contributed by atoms with Crippen LogP contribution in [0.3, 0.4) is 0 Å². The first-order chi connectivity index (χ1) is 29.2. The highest BCUT2D eigenvalue weighted by atomic mass is 19.2. The van der Waals surface area contributed by atoms with Crippen molar-refractivity contribution in [1.82, 2.24) is 30.1 Å². The van der Waals surface area contributed by atoms with Crippen molar-refractivity contribution >= 4 is 39.7 Å². The Bertz CT molecular complexity index is 2370. The predicted molar refractivity (Wildman–Crippen MR) is 214 cm³/mol.